The predicted molar refractivity (Wildman–Crippen MR) is 79.2 cm³/mol. The molecule has 0 aliphatic carbocycles. The summed E-state index contributed by atoms with van der Waals surface area (Å²) in [4.78, 5) is 12.3. The number of nitrogens with one attached hydrogen (secondary N) is 2. The number of para-hydroxylation sites is 1. The Balaban J connectivity index is 2.23. The van der Waals surface area contributed by atoms with E-state index in [0.717, 1.165) is 36.1 Å². The molecule has 1 aliphatic heterocycles. The highest BCUT2D eigenvalue weighted by Crippen LogP contribution is 2.30. The number of benzene rings is 1. The summed E-state index contributed by atoms with van der Waals surface area (Å²) in [5.41, 5.74) is 0.308. The number of rotatable bonds is 4. The summed E-state index contributed by atoms with van der Waals surface area (Å²) in [7, 11) is 0. The Hall–Kier alpha value is -1.07. The number of carbonyl (C=O) groups excluding carboxylic acids is 1. The molecule has 1 fully saturated rings. The van der Waals surface area contributed by atoms with Crippen LogP contribution >= 0.6 is 15.9 Å². The molecule has 4 nitrogen and oxygen atoms in total. The topological polar surface area (TPSA) is 50.4 Å². The van der Waals surface area contributed by atoms with Gasteiger partial charge in [0.25, 0.3) is 0 Å². The van der Waals surface area contributed by atoms with Crippen LogP contribution in [0, 0.1) is 0 Å². The maximum atomic E-state index is 12.3. The van der Waals surface area contributed by atoms with Crippen LogP contribution in [-0.4, -0.2) is 31.2 Å². The fourth-order valence-electron chi connectivity index (χ4n) is 2.32. The Morgan fingerprint density at radius 3 is 2.74 bits per heavy atom. The van der Waals surface area contributed by atoms with Gasteiger partial charge in [0.05, 0.1) is 6.61 Å². The lowest BCUT2D eigenvalue weighted by Crippen LogP contribution is -2.54. The SMILES string of the molecule is CCOC(=O)C1(Nc2ccccc2Br)CCNCC1. The van der Waals surface area contributed by atoms with Gasteiger partial charge >= 0.3 is 5.97 Å². The standard InChI is InChI=1S/C14H19BrN2O2/c1-2-19-13(18)14(7-9-16-10-8-14)17-12-6-4-3-5-11(12)15/h3-6,16-17H,2,7-10H2,1H3. The Kier molecular flexibility index (Phi) is 4.82. The van der Waals surface area contributed by atoms with E-state index in [1.807, 2.05) is 31.2 Å². The number of halogens is 1. The third kappa shape index (κ3) is 3.28. The normalized spacial score (nSPS) is 17.8. The molecular weight excluding hydrogens is 308 g/mol. The Morgan fingerprint density at radius 2 is 2.11 bits per heavy atom. The van der Waals surface area contributed by atoms with Gasteiger partial charge in [0.2, 0.25) is 0 Å². The third-order valence-corrected chi connectivity index (χ3v) is 4.06. The first-order valence-electron chi connectivity index (χ1n) is 6.58. The van der Waals surface area contributed by atoms with E-state index in [0.29, 0.717) is 6.61 Å². The quantitative estimate of drug-likeness (QED) is 0.835. The molecule has 0 unspecified atom stereocenters. The second-order valence-corrected chi connectivity index (χ2v) is 5.51. The van der Waals surface area contributed by atoms with Gasteiger partial charge in [-0.05, 0) is 60.9 Å². The average Bonchev–Trinajstić information content (AvgIpc) is 2.43. The van der Waals surface area contributed by atoms with Gasteiger partial charge in [-0.1, -0.05) is 12.1 Å². The zero-order valence-corrected chi connectivity index (χ0v) is 12.6. The van der Waals surface area contributed by atoms with Gasteiger partial charge in [0.1, 0.15) is 5.54 Å². The number of esters is 1. The fourth-order valence-corrected chi connectivity index (χ4v) is 2.71. The molecular formula is C14H19BrN2O2. The van der Waals surface area contributed by atoms with Crippen LogP contribution in [0.3, 0.4) is 0 Å². The lowest BCUT2D eigenvalue weighted by Gasteiger charge is -2.37. The predicted octanol–water partition coefficient (Wildman–Crippen LogP) is 2.55. The van der Waals surface area contributed by atoms with Crippen molar-refractivity contribution in [1.82, 2.24) is 5.32 Å². The zero-order chi connectivity index (χ0) is 13.7. The summed E-state index contributed by atoms with van der Waals surface area (Å²) in [6.07, 6.45) is 1.46. The Bertz CT molecular complexity index is 445. The highest BCUT2D eigenvalue weighted by atomic mass is 79.9. The van der Waals surface area contributed by atoms with E-state index < -0.39 is 5.54 Å². The minimum Gasteiger partial charge on any atom is -0.464 e. The number of hydrogen-bond acceptors (Lipinski definition) is 4. The van der Waals surface area contributed by atoms with Gasteiger partial charge in [-0.25, -0.2) is 4.79 Å². The van der Waals surface area contributed by atoms with Crippen molar-refractivity contribution in [2.75, 3.05) is 25.0 Å². The van der Waals surface area contributed by atoms with Crippen molar-refractivity contribution in [3.63, 3.8) is 0 Å². The van der Waals surface area contributed by atoms with Crippen molar-refractivity contribution >= 4 is 27.6 Å². The summed E-state index contributed by atoms with van der Waals surface area (Å²) >= 11 is 3.51. The molecule has 0 spiro atoms. The maximum Gasteiger partial charge on any atom is 0.331 e. The molecule has 0 radical (unpaired) electrons. The van der Waals surface area contributed by atoms with Crippen LogP contribution in [0.15, 0.2) is 28.7 Å². The zero-order valence-electron chi connectivity index (χ0n) is 11.0. The summed E-state index contributed by atoms with van der Waals surface area (Å²) < 4.78 is 6.21. The van der Waals surface area contributed by atoms with Crippen molar-refractivity contribution < 1.29 is 9.53 Å². The first-order chi connectivity index (χ1) is 9.18. The highest BCUT2D eigenvalue weighted by molar-refractivity contribution is 9.10. The Labute approximate surface area is 122 Å². The molecule has 1 aliphatic rings. The molecule has 0 aromatic heterocycles. The summed E-state index contributed by atoms with van der Waals surface area (Å²) in [6, 6.07) is 7.83. The minimum absolute atomic E-state index is 0.160. The van der Waals surface area contributed by atoms with Crippen molar-refractivity contribution in [1.29, 1.82) is 0 Å². The van der Waals surface area contributed by atoms with Crippen LogP contribution < -0.4 is 10.6 Å². The molecule has 5 heteroatoms. The highest BCUT2D eigenvalue weighted by Gasteiger charge is 2.41. The summed E-state index contributed by atoms with van der Waals surface area (Å²) in [5.74, 6) is -0.160. The van der Waals surface area contributed by atoms with E-state index >= 15 is 0 Å². The van der Waals surface area contributed by atoms with E-state index in [1.165, 1.54) is 0 Å². The van der Waals surface area contributed by atoms with E-state index in [2.05, 4.69) is 26.6 Å². The number of ether oxygens (including phenoxy) is 1. The Morgan fingerprint density at radius 1 is 1.42 bits per heavy atom. The van der Waals surface area contributed by atoms with Crippen molar-refractivity contribution in [2.24, 2.45) is 0 Å². The van der Waals surface area contributed by atoms with Gasteiger partial charge < -0.3 is 15.4 Å². The summed E-state index contributed by atoms with van der Waals surface area (Å²) in [5, 5.41) is 6.66. The number of hydrogen-bond donors (Lipinski definition) is 2. The first kappa shape index (κ1) is 14.3. The van der Waals surface area contributed by atoms with E-state index in [-0.39, 0.29) is 5.97 Å². The number of anilines is 1. The smallest absolute Gasteiger partial charge is 0.331 e. The van der Waals surface area contributed by atoms with E-state index in [1.54, 1.807) is 0 Å². The fraction of sp³-hybridized carbons (Fsp3) is 0.500. The van der Waals surface area contributed by atoms with E-state index in [4.69, 9.17) is 4.74 Å². The number of carbonyl (C=O) groups is 1. The van der Waals surface area contributed by atoms with Crippen molar-refractivity contribution in [3.8, 4) is 0 Å². The lowest BCUT2D eigenvalue weighted by molar-refractivity contribution is -0.149. The van der Waals surface area contributed by atoms with Gasteiger partial charge in [0, 0.05) is 10.2 Å². The minimum atomic E-state index is -0.620. The monoisotopic (exact) mass is 326 g/mol. The molecule has 0 amide bonds. The molecule has 19 heavy (non-hydrogen) atoms. The second-order valence-electron chi connectivity index (χ2n) is 4.66. The molecule has 104 valence electrons. The van der Waals surface area contributed by atoms with E-state index in [9.17, 15) is 4.79 Å². The molecule has 2 N–H and O–H groups in total. The third-order valence-electron chi connectivity index (χ3n) is 3.37. The largest absolute Gasteiger partial charge is 0.464 e. The van der Waals surface area contributed by atoms with Crippen LogP contribution in [0.2, 0.25) is 0 Å². The molecule has 1 heterocycles. The van der Waals surface area contributed by atoms with Crippen LogP contribution in [0.25, 0.3) is 0 Å². The second kappa shape index (κ2) is 6.39. The molecule has 0 atom stereocenters. The molecule has 0 saturated carbocycles. The first-order valence-corrected chi connectivity index (χ1v) is 7.38. The maximum absolute atomic E-state index is 12.3. The lowest BCUT2D eigenvalue weighted by atomic mass is 9.88. The molecule has 1 saturated heterocycles. The van der Waals surface area contributed by atoms with Gasteiger partial charge in [-0.15, -0.1) is 0 Å². The molecule has 2 rings (SSSR count). The van der Waals surface area contributed by atoms with Crippen LogP contribution in [-0.2, 0) is 9.53 Å². The molecule has 1 aromatic rings. The molecule has 1 aromatic carbocycles. The number of piperidine rings is 1. The molecule has 0 bridgehead atoms. The van der Waals surface area contributed by atoms with Crippen molar-refractivity contribution in [2.45, 2.75) is 25.3 Å². The van der Waals surface area contributed by atoms with Gasteiger partial charge in [-0.3, -0.25) is 0 Å². The van der Waals surface area contributed by atoms with Crippen LogP contribution in [0.5, 0.6) is 0 Å². The summed E-state index contributed by atoms with van der Waals surface area (Å²) in [6.45, 7) is 3.88. The van der Waals surface area contributed by atoms with Crippen LogP contribution in [0.4, 0.5) is 5.69 Å². The van der Waals surface area contributed by atoms with Gasteiger partial charge in [0.15, 0.2) is 0 Å². The van der Waals surface area contributed by atoms with Crippen LogP contribution in [0.1, 0.15) is 19.8 Å². The average molecular weight is 327 g/mol. The van der Waals surface area contributed by atoms with Crippen molar-refractivity contribution in [3.05, 3.63) is 28.7 Å². The van der Waals surface area contributed by atoms with Gasteiger partial charge in [-0.2, -0.15) is 0 Å².